The van der Waals surface area contributed by atoms with Gasteiger partial charge in [-0.2, -0.15) is 0 Å². The Morgan fingerprint density at radius 3 is 2.48 bits per heavy atom. The maximum absolute atomic E-state index is 13.5. The van der Waals surface area contributed by atoms with Crippen LogP contribution in [0.3, 0.4) is 0 Å². The van der Waals surface area contributed by atoms with Gasteiger partial charge in [-0.15, -0.1) is 0 Å². The van der Waals surface area contributed by atoms with Gasteiger partial charge in [0.2, 0.25) is 0 Å². The zero-order valence-electron chi connectivity index (χ0n) is 11.4. The van der Waals surface area contributed by atoms with Crippen LogP contribution in [-0.2, 0) is 9.53 Å². The number of rotatable bonds is 4. The third-order valence-corrected chi connectivity index (χ3v) is 3.18. The van der Waals surface area contributed by atoms with Crippen LogP contribution in [0.15, 0.2) is 40.9 Å². The minimum absolute atomic E-state index is 0.263. The van der Waals surface area contributed by atoms with Crippen molar-refractivity contribution in [2.75, 3.05) is 11.9 Å². The fourth-order valence-corrected chi connectivity index (χ4v) is 2.00. The monoisotopic (exact) mass is 387 g/mol. The molecule has 0 heterocycles. The summed E-state index contributed by atoms with van der Waals surface area (Å²) in [5, 5.41) is 2.11. The first-order chi connectivity index (χ1) is 10.9. The second kappa shape index (κ2) is 7.28. The standard InChI is InChI=1S/C15H9BrF3NO3/c16-8-1-3-11(18)10(5-8)15(22)23-7-14(21)20-13-4-2-9(17)6-12(13)19/h1-6H,7H2,(H,20,21). The molecule has 2 aromatic rings. The van der Waals surface area contributed by atoms with Crippen molar-refractivity contribution in [1.29, 1.82) is 0 Å². The number of hydrogen-bond donors (Lipinski definition) is 1. The summed E-state index contributed by atoms with van der Waals surface area (Å²) in [6, 6.07) is 6.25. The van der Waals surface area contributed by atoms with Crippen LogP contribution in [0.5, 0.6) is 0 Å². The maximum atomic E-state index is 13.5. The number of nitrogens with one attached hydrogen (secondary N) is 1. The average Bonchev–Trinajstić information content (AvgIpc) is 2.50. The van der Waals surface area contributed by atoms with E-state index in [4.69, 9.17) is 0 Å². The Labute approximate surface area is 137 Å². The molecule has 0 aliphatic rings. The molecular weight excluding hydrogens is 379 g/mol. The van der Waals surface area contributed by atoms with E-state index in [0.29, 0.717) is 10.5 Å². The van der Waals surface area contributed by atoms with E-state index in [-0.39, 0.29) is 11.3 Å². The van der Waals surface area contributed by atoms with Crippen LogP contribution in [0.2, 0.25) is 0 Å². The van der Waals surface area contributed by atoms with Crippen LogP contribution in [0.4, 0.5) is 18.9 Å². The minimum atomic E-state index is -1.04. The molecule has 2 aromatic carbocycles. The Morgan fingerprint density at radius 1 is 1.04 bits per heavy atom. The van der Waals surface area contributed by atoms with E-state index < -0.39 is 35.9 Å². The third-order valence-electron chi connectivity index (χ3n) is 2.69. The minimum Gasteiger partial charge on any atom is -0.452 e. The maximum Gasteiger partial charge on any atom is 0.341 e. The smallest absolute Gasteiger partial charge is 0.341 e. The first-order valence-corrected chi connectivity index (χ1v) is 7.03. The number of anilines is 1. The molecule has 0 fully saturated rings. The molecule has 0 saturated carbocycles. The van der Waals surface area contributed by atoms with Crippen molar-refractivity contribution in [2.24, 2.45) is 0 Å². The number of ether oxygens (including phenoxy) is 1. The Morgan fingerprint density at radius 2 is 1.78 bits per heavy atom. The Bertz CT molecular complexity index is 768. The summed E-state index contributed by atoms with van der Waals surface area (Å²) in [5.74, 6) is -4.46. The van der Waals surface area contributed by atoms with Gasteiger partial charge in [0, 0.05) is 10.5 Å². The van der Waals surface area contributed by atoms with Gasteiger partial charge in [-0.05, 0) is 30.3 Å². The quantitative estimate of drug-likeness (QED) is 0.814. The van der Waals surface area contributed by atoms with Crippen molar-refractivity contribution in [3.8, 4) is 0 Å². The van der Waals surface area contributed by atoms with Crippen LogP contribution in [-0.4, -0.2) is 18.5 Å². The lowest BCUT2D eigenvalue weighted by atomic mass is 10.2. The molecule has 0 spiro atoms. The molecule has 0 saturated heterocycles. The van der Waals surface area contributed by atoms with Gasteiger partial charge in [-0.25, -0.2) is 18.0 Å². The van der Waals surface area contributed by atoms with Crippen molar-refractivity contribution in [3.05, 3.63) is 63.9 Å². The van der Waals surface area contributed by atoms with Crippen molar-refractivity contribution in [3.63, 3.8) is 0 Å². The van der Waals surface area contributed by atoms with Crippen molar-refractivity contribution < 1.29 is 27.5 Å². The van der Waals surface area contributed by atoms with Gasteiger partial charge in [0.15, 0.2) is 6.61 Å². The summed E-state index contributed by atoms with van der Waals surface area (Å²) in [6.07, 6.45) is 0. The van der Waals surface area contributed by atoms with Crippen LogP contribution < -0.4 is 5.32 Å². The summed E-state index contributed by atoms with van der Waals surface area (Å²) in [5.41, 5.74) is -0.610. The van der Waals surface area contributed by atoms with E-state index in [2.05, 4.69) is 26.0 Å². The molecule has 0 aromatic heterocycles. The zero-order valence-corrected chi connectivity index (χ0v) is 13.0. The molecule has 2 rings (SSSR count). The van der Waals surface area contributed by atoms with E-state index in [0.717, 1.165) is 18.2 Å². The Hall–Kier alpha value is -2.35. The van der Waals surface area contributed by atoms with Gasteiger partial charge >= 0.3 is 5.97 Å². The van der Waals surface area contributed by atoms with Gasteiger partial charge in [-0.1, -0.05) is 15.9 Å². The number of benzene rings is 2. The highest BCUT2D eigenvalue weighted by atomic mass is 79.9. The van der Waals surface area contributed by atoms with Crippen molar-refractivity contribution in [2.45, 2.75) is 0 Å². The SMILES string of the molecule is O=C(COC(=O)c1cc(Br)ccc1F)Nc1ccc(F)cc1F. The van der Waals surface area contributed by atoms with Crippen molar-refractivity contribution in [1.82, 2.24) is 0 Å². The summed E-state index contributed by atoms with van der Waals surface area (Å²) in [6.45, 7) is -0.748. The van der Waals surface area contributed by atoms with Crippen LogP contribution in [0.1, 0.15) is 10.4 Å². The van der Waals surface area contributed by atoms with Crippen LogP contribution >= 0.6 is 15.9 Å². The highest BCUT2D eigenvalue weighted by molar-refractivity contribution is 9.10. The summed E-state index contributed by atoms with van der Waals surface area (Å²) in [7, 11) is 0. The van der Waals surface area contributed by atoms with Gasteiger partial charge in [-0.3, -0.25) is 4.79 Å². The van der Waals surface area contributed by atoms with E-state index in [1.54, 1.807) is 0 Å². The number of halogens is 4. The van der Waals surface area contributed by atoms with E-state index >= 15 is 0 Å². The van der Waals surface area contributed by atoms with E-state index in [9.17, 15) is 22.8 Å². The molecule has 120 valence electrons. The molecule has 0 unspecified atom stereocenters. The molecule has 1 N–H and O–H groups in total. The topological polar surface area (TPSA) is 55.4 Å². The molecule has 0 aliphatic heterocycles. The van der Waals surface area contributed by atoms with Gasteiger partial charge in [0.05, 0.1) is 11.3 Å². The number of carbonyl (C=O) groups excluding carboxylic acids is 2. The normalized spacial score (nSPS) is 10.3. The summed E-state index contributed by atoms with van der Waals surface area (Å²) >= 11 is 3.08. The molecule has 0 radical (unpaired) electrons. The fraction of sp³-hybridized carbons (Fsp3) is 0.0667. The molecule has 0 atom stereocenters. The van der Waals surface area contributed by atoms with Crippen molar-refractivity contribution >= 4 is 33.5 Å². The number of esters is 1. The second-order valence-corrected chi connectivity index (χ2v) is 5.29. The number of hydrogen-bond acceptors (Lipinski definition) is 3. The largest absolute Gasteiger partial charge is 0.452 e. The second-order valence-electron chi connectivity index (χ2n) is 4.37. The zero-order chi connectivity index (χ0) is 17.0. The average molecular weight is 388 g/mol. The third kappa shape index (κ3) is 4.56. The van der Waals surface area contributed by atoms with Gasteiger partial charge in [0.25, 0.3) is 5.91 Å². The summed E-state index contributed by atoms with van der Waals surface area (Å²) in [4.78, 5) is 23.3. The first-order valence-electron chi connectivity index (χ1n) is 6.24. The van der Waals surface area contributed by atoms with Gasteiger partial charge in [0.1, 0.15) is 17.5 Å². The molecule has 0 bridgehead atoms. The lowest BCUT2D eigenvalue weighted by Crippen LogP contribution is -2.22. The fourth-order valence-electron chi connectivity index (χ4n) is 1.64. The van der Waals surface area contributed by atoms with Crippen LogP contribution in [0, 0.1) is 17.5 Å². The van der Waals surface area contributed by atoms with Crippen LogP contribution in [0.25, 0.3) is 0 Å². The highest BCUT2D eigenvalue weighted by Gasteiger charge is 2.16. The first kappa shape index (κ1) is 17.0. The molecule has 1 amide bonds. The van der Waals surface area contributed by atoms with Gasteiger partial charge < -0.3 is 10.1 Å². The van der Waals surface area contributed by atoms with E-state index in [1.165, 1.54) is 12.1 Å². The van der Waals surface area contributed by atoms with E-state index in [1.807, 2.05) is 0 Å². The molecular formula is C15H9BrF3NO3. The Balaban J connectivity index is 1.96. The summed E-state index contributed by atoms with van der Waals surface area (Å²) < 4.78 is 44.7. The predicted octanol–water partition coefficient (Wildman–Crippen LogP) is 3.66. The Kier molecular flexibility index (Phi) is 5.38. The highest BCUT2D eigenvalue weighted by Crippen LogP contribution is 2.17. The number of carbonyl (C=O) groups is 2. The molecule has 4 nitrogen and oxygen atoms in total. The molecule has 8 heteroatoms. The lowest BCUT2D eigenvalue weighted by molar-refractivity contribution is -0.119. The molecule has 23 heavy (non-hydrogen) atoms. The lowest BCUT2D eigenvalue weighted by Gasteiger charge is -2.08. The molecule has 0 aliphatic carbocycles. The number of amides is 1. The predicted molar refractivity (Wildman–Crippen MR) is 79.4 cm³/mol.